The van der Waals surface area contributed by atoms with E-state index in [2.05, 4.69) is 44.9 Å². The van der Waals surface area contributed by atoms with Crippen molar-refractivity contribution in [3.8, 4) is 0 Å². The van der Waals surface area contributed by atoms with Gasteiger partial charge in [0.2, 0.25) is 0 Å². The number of hydrogen-bond donors (Lipinski definition) is 2. The monoisotopic (exact) mass is 234 g/mol. The lowest BCUT2D eigenvalue weighted by molar-refractivity contribution is -0.147. The normalized spacial score (nSPS) is 11.9. The summed E-state index contributed by atoms with van der Waals surface area (Å²) in [6.45, 7) is 3.35. The van der Waals surface area contributed by atoms with E-state index < -0.39 is 18.4 Å². The van der Waals surface area contributed by atoms with Crippen molar-refractivity contribution < 1.29 is 19.8 Å². The second-order valence-electron chi connectivity index (χ2n) is 4.04. The van der Waals surface area contributed by atoms with Gasteiger partial charge >= 0.3 is 11.9 Å². The molecule has 0 saturated heterocycles. The van der Waals surface area contributed by atoms with E-state index in [0.717, 1.165) is 6.54 Å². The van der Waals surface area contributed by atoms with Crippen LogP contribution in [0.25, 0.3) is 0 Å². The Morgan fingerprint density at radius 1 is 1.06 bits per heavy atom. The first kappa shape index (κ1) is 17.3. The molecule has 1 unspecified atom stereocenters. The van der Waals surface area contributed by atoms with Gasteiger partial charge < -0.3 is 20.0 Å². The molecule has 1 atom stereocenters. The molecule has 0 aromatic heterocycles. The zero-order chi connectivity index (χ0) is 13.3. The maximum Gasteiger partial charge on any atom is 0.314 e. The van der Waals surface area contributed by atoms with Crippen LogP contribution in [0.5, 0.6) is 0 Å². The Balaban J connectivity index is 0. The molecule has 0 spiro atoms. The molecule has 16 heavy (non-hydrogen) atoms. The lowest BCUT2D eigenvalue weighted by atomic mass is 10.3. The Morgan fingerprint density at radius 3 is 1.50 bits per heavy atom. The van der Waals surface area contributed by atoms with Crippen molar-refractivity contribution in [2.24, 2.45) is 0 Å². The number of nitrogens with zero attached hydrogens (tertiary/aromatic N) is 2. The maximum atomic E-state index is 9.43. The molecule has 0 radical (unpaired) electrons. The van der Waals surface area contributed by atoms with Crippen molar-refractivity contribution in [2.45, 2.75) is 19.4 Å². The van der Waals surface area contributed by atoms with Crippen molar-refractivity contribution in [1.82, 2.24) is 9.80 Å². The van der Waals surface area contributed by atoms with Crippen LogP contribution in [0.4, 0.5) is 0 Å². The Hall–Kier alpha value is -1.14. The first-order chi connectivity index (χ1) is 7.16. The van der Waals surface area contributed by atoms with Gasteiger partial charge in [0.25, 0.3) is 0 Å². The van der Waals surface area contributed by atoms with Gasteiger partial charge in [0.1, 0.15) is 6.42 Å². The molecule has 0 aliphatic heterocycles. The smallest absolute Gasteiger partial charge is 0.314 e. The number of rotatable bonds is 5. The lowest BCUT2D eigenvalue weighted by Gasteiger charge is -2.22. The van der Waals surface area contributed by atoms with Crippen molar-refractivity contribution in [1.29, 1.82) is 0 Å². The number of carboxylic acid groups (broad SMARTS) is 2. The molecular weight excluding hydrogens is 212 g/mol. The fourth-order valence-corrected chi connectivity index (χ4v) is 0.821. The molecule has 0 amide bonds. The highest BCUT2D eigenvalue weighted by Gasteiger charge is 2.03. The zero-order valence-corrected chi connectivity index (χ0v) is 10.6. The van der Waals surface area contributed by atoms with E-state index in [4.69, 9.17) is 10.2 Å². The summed E-state index contributed by atoms with van der Waals surface area (Å²) in [7, 11) is 8.41. The van der Waals surface area contributed by atoms with Gasteiger partial charge in [-0.15, -0.1) is 0 Å². The minimum absolute atomic E-state index is 0.653. The van der Waals surface area contributed by atoms with Crippen LogP contribution in [0, 0.1) is 0 Å². The van der Waals surface area contributed by atoms with Crippen LogP contribution in [0.2, 0.25) is 0 Å². The summed E-state index contributed by atoms with van der Waals surface area (Å²) in [5.74, 6) is -2.62. The molecule has 0 heterocycles. The summed E-state index contributed by atoms with van der Waals surface area (Å²) in [5.41, 5.74) is 0. The Kier molecular flexibility index (Phi) is 9.83. The number of carboxylic acids is 2. The third-order valence-corrected chi connectivity index (χ3v) is 1.81. The summed E-state index contributed by atoms with van der Waals surface area (Å²) in [4.78, 5) is 23.3. The number of aliphatic carboxylic acids is 2. The minimum atomic E-state index is -1.31. The Morgan fingerprint density at radius 2 is 1.44 bits per heavy atom. The zero-order valence-electron chi connectivity index (χ0n) is 10.6. The van der Waals surface area contributed by atoms with E-state index in [9.17, 15) is 9.59 Å². The first-order valence-electron chi connectivity index (χ1n) is 4.91. The van der Waals surface area contributed by atoms with Crippen LogP contribution in [0.15, 0.2) is 0 Å². The van der Waals surface area contributed by atoms with Crippen LogP contribution in [-0.4, -0.2) is 72.7 Å². The van der Waals surface area contributed by atoms with Crippen molar-refractivity contribution >= 4 is 11.9 Å². The van der Waals surface area contributed by atoms with Gasteiger partial charge in [-0.05, 0) is 35.1 Å². The third-order valence-electron chi connectivity index (χ3n) is 1.81. The molecule has 0 rings (SSSR count). The molecule has 6 heteroatoms. The van der Waals surface area contributed by atoms with Gasteiger partial charge in [-0.2, -0.15) is 0 Å². The summed E-state index contributed by atoms with van der Waals surface area (Å²) < 4.78 is 0. The van der Waals surface area contributed by atoms with Gasteiger partial charge in [0.05, 0.1) is 0 Å². The quantitative estimate of drug-likeness (QED) is 0.654. The molecule has 0 aliphatic rings. The van der Waals surface area contributed by atoms with Crippen molar-refractivity contribution in [2.75, 3.05) is 34.7 Å². The number of hydrogen-bond acceptors (Lipinski definition) is 4. The van der Waals surface area contributed by atoms with Crippen LogP contribution in [-0.2, 0) is 9.59 Å². The molecule has 0 fully saturated rings. The Bertz CT molecular complexity index is 205. The van der Waals surface area contributed by atoms with E-state index in [1.165, 1.54) is 0 Å². The molecular formula is C10H22N2O4. The molecule has 0 aliphatic carbocycles. The second kappa shape index (κ2) is 9.11. The highest BCUT2D eigenvalue weighted by Crippen LogP contribution is 1.91. The van der Waals surface area contributed by atoms with Gasteiger partial charge in [0, 0.05) is 12.6 Å². The fourth-order valence-electron chi connectivity index (χ4n) is 0.821. The van der Waals surface area contributed by atoms with Gasteiger partial charge in [-0.25, -0.2) is 0 Å². The largest absolute Gasteiger partial charge is 0.481 e. The lowest BCUT2D eigenvalue weighted by Crippen LogP contribution is -2.34. The maximum absolute atomic E-state index is 9.43. The van der Waals surface area contributed by atoms with E-state index in [0.29, 0.717) is 6.04 Å². The molecule has 0 aromatic carbocycles. The van der Waals surface area contributed by atoms with Crippen molar-refractivity contribution in [3.05, 3.63) is 0 Å². The highest BCUT2D eigenvalue weighted by molar-refractivity contribution is 5.88. The van der Waals surface area contributed by atoms with Crippen LogP contribution >= 0.6 is 0 Å². The Labute approximate surface area is 96.5 Å². The number of likely N-dealkylation sites (N-methyl/N-ethyl adjacent to an activating group) is 2. The molecule has 6 nitrogen and oxygen atoms in total. The third kappa shape index (κ3) is 15.3. The molecule has 96 valence electrons. The van der Waals surface area contributed by atoms with Gasteiger partial charge in [-0.3, -0.25) is 9.59 Å². The van der Waals surface area contributed by atoms with E-state index in [-0.39, 0.29) is 0 Å². The van der Waals surface area contributed by atoms with E-state index in [1.807, 2.05) is 0 Å². The predicted octanol–water partition coefficient (Wildman–Crippen LogP) is 0.0438. The fraction of sp³-hybridized carbons (Fsp3) is 0.800. The summed E-state index contributed by atoms with van der Waals surface area (Å²) in [5, 5.41) is 15.4. The SMILES string of the molecule is CC(CN(C)C)N(C)C.O=C(O)CC(=O)O. The average molecular weight is 234 g/mol. The van der Waals surface area contributed by atoms with Gasteiger partial charge in [0.15, 0.2) is 0 Å². The van der Waals surface area contributed by atoms with E-state index >= 15 is 0 Å². The second-order valence-corrected chi connectivity index (χ2v) is 4.04. The summed E-state index contributed by atoms with van der Waals surface area (Å²) in [6.07, 6.45) is -0.806. The summed E-state index contributed by atoms with van der Waals surface area (Å²) >= 11 is 0. The predicted molar refractivity (Wildman–Crippen MR) is 61.6 cm³/mol. The number of carbonyl (C=O) groups is 2. The molecule has 0 saturated carbocycles. The standard InChI is InChI=1S/C7H18N2.C3H4O4/c1-7(9(4)5)6-8(2)3;4-2(5)1-3(6)7/h7H,6H2,1-5H3;1H2,(H,4,5)(H,6,7). The highest BCUT2D eigenvalue weighted by atomic mass is 16.4. The van der Waals surface area contributed by atoms with Crippen LogP contribution < -0.4 is 0 Å². The summed E-state index contributed by atoms with van der Waals surface area (Å²) in [6, 6.07) is 0.653. The van der Waals surface area contributed by atoms with E-state index in [1.54, 1.807) is 0 Å². The topological polar surface area (TPSA) is 81.1 Å². The molecule has 0 bridgehead atoms. The molecule has 2 N–H and O–H groups in total. The average Bonchev–Trinajstić information content (AvgIpc) is 2.00. The molecule has 0 aromatic rings. The van der Waals surface area contributed by atoms with Crippen LogP contribution in [0.1, 0.15) is 13.3 Å². The van der Waals surface area contributed by atoms with Crippen molar-refractivity contribution in [3.63, 3.8) is 0 Å². The first-order valence-corrected chi connectivity index (χ1v) is 4.91. The van der Waals surface area contributed by atoms with Gasteiger partial charge in [-0.1, -0.05) is 0 Å². The van der Waals surface area contributed by atoms with Crippen LogP contribution in [0.3, 0.4) is 0 Å². The minimum Gasteiger partial charge on any atom is -0.481 e.